The van der Waals surface area contributed by atoms with E-state index in [9.17, 15) is 13.2 Å². The molecule has 1 aromatic heterocycles. The number of nitrogen functional groups attached to an aromatic ring is 1. The van der Waals surface area contributed by atoms with E-state index in [-0.39, 0.29) is 5.95 Å². The van der Waals surface area contributed by atoms with E-state index in [1.807, 2.05) is 42.5 Å². The van der Waals surface area contributed by atoms with E-state index in [0.717, 1.165) is 33.5 Å². The van der Waals surface area contributed by atoms with Crippen LogP contribution in [0.4, 0.5) is 19.1 Å². The van der Waals surface area contributed by atoms with Crippen LogP contribution in [-0.4, -0.2) is 14.8 Å². The quantitative estimate of drug-likeness (QED) is 0.523. The smallest absolute Gasteiger partial charge is 0.368 e. The number of halogens is 3. The molecule has 0 unspecified atom stereocenters. The Morgan fingerprint density at radius 3 is 2.21 bits per heavy atom. The Balaban J connectivity index is 0.000000290. The van der Waals surface area contributed by atoms with Crippen LogP contribution in [0.25, 0.3) is 5.69 Å². The van der Waals surface area contributed by atoms with Gasteiger partial charge in [-0.05, 0) is 54.0 Å². The van der Waals surface area contributed by atoms with Gasteiger partial charge in [-0.3, -0.25) is 0 Å². The Hall–Kier alpha value is -2.48. The van der Waals surface area contributed by atoms with E-state index < -0.39 is 12.0 Å². The minimum absolute atomic E-state index is 0.244. The van der Waals surface area contributed by atoms with Gasteiger partial charge in [-0.1, -0.05) is 44.2 Å². The van der Waals surface area contributed by atoms with Crippen molar-refractivity contribution in [3.8, 4) is 5.69 Å². The molecule has 0 saturated heterocycles. The lowest BCUT2D eigenvalue weighted by Crippen LogP contribution is -2.09. The molecule has 1 saturated carbocycles. The Labute approximate surface area is 173 Å². The second kappa shape index (κ2) is 8.49. The average molecular weight is 421 g/mol. The molecule has 2 N–H and O–H groups in total. The van der Waals surface area contributed by atoms with Crippen molar-refractivity contribution in [1.82, 2.24) is 14.8 Å². The summed E-state index contributed by atoms with van der Waals surface area (Å²) in [5.74, 6) is -0.733. The number of thiol groups is 1. The number of hydrogen-bond acceptors (Lipinski definition) is 4. The maximum absolute atomic E-state index is 12.7. The summed E-state index contributed by atoms with van der Waals surface area (Å²) in [7, 11) is 0. The number of alkyl halides is 3. The fourth-order valence-electron chi connectivity index (χ4n) is 2.90. The van der Waals surface area contributed by atoms with Gasteiger partial charge >= 0.3 is 6.18 Å². The molecule has 0 atom stereocenters. The van der Waals surface area contributed by atoms with E-state index in [2.05, 4.69) is 36.6 Å². The monoisotopic (exact) mass is 420 g/mol. The third-order valence-corrected chi connectivity index (χ3v) is 4.90. The number of aromatic nitrogens is 3. The topological polar surface area (TPSA) is 56.7 Å². The zero-order valence-electron chi connectivity index (χ0n) is 16.2. The molecule has 0 aliphatic heterocycles. The third-order valence-electron chi connectivity index (χ3n) is 4.61. The van der Waals surface area contributed by atoms with Gasteiger partial charge < -0.3 is 5.73 Å². The number of nitrogens with two attached hydrogens (primary N) is 1. The first-order valence-electron chi connectivity index (χ1n) is 9.34. The zero-order chi connectivity index (χ0) is 21.2. The minimum atomic E-state index is -4.60. The van der Waals surface area contributed by atoms with Crippen LogP contribution in [0, 0.1) is 0 Å². The van der Waals surface area contributed by atoms with E-state index in [4.69, 9.17) is 5.73 Å². The first-order valence-corrected chi connectivity index (χ1v) is 9.79. The molecule has 0 radical (unpaired) electrons. The Kier molecular flexibility index (Phi) is 6.21. The summed E-state index contributed by atoms with van der Waals surface area (Å²) in [5.41, 5.74) is 8.39. The Morgan fingerprint density at radius 1 is 1.10 bits per heavy atom. The van der Waals surface area contributed by atoms with Gasteiger partial charge in [-0.15, -0.1) is 17.7 Å². The molecule has 1 aliphatic rings. The number of nitrogens with zero attached hydrogens (tertiary/aromatic N) is 3. The van der Waals surface area contributed by atoms with Crippen LogP contribution in [0.3, 0.4) is 0 Å². The van der Waals surface area contributed by atoms with E-state index in [1.54, 1.807) is 6.07 Å². The first kappa shape index (κ1) is 21.2. The summed E-state index contributed by atoms with van der Waals surface area (Å²) in [6.07, 6.45) is -2.53. The lowest BCUT2D eigenvalue weighted by atomic mass is 9.97. The first-order chi connectivity index (χ1) is 13.7. The van der Waals surface area contributed by atoms with Crippen molar-refractivity contribution in [3.05, 3.63) is 65.5 Å². The fraction of sp³-hybridized carbons (Fsp3) is 0.333. The lowest BCUT2D eigenvalue weighted by Gasteiger charge is -2.13. The summed E-state index contributed by atoms with van der Waals surface area (Å²) in [5, 5.41) is 3.55. The molecule has 8 heteroatoms. The van der Waals surface area contributed by atoms with Crippen molar-refractivity contribution in [2.24, 2.45) is 0 Å². The van der Waals surface area contributed by atoms with Crippen molar-refractivity contribution in [2.45, 2.75) is 49.6 Å². The van der Waals surface area contributed by atoms with Crippen LogP contribution in [0.2, 0.25) is 0 Å². The normalized spacial score (nSPS) is 13.9. The molecule has 29 heavy (non-hydrogen) atoms. The molecule has 2 aromatic carbocycles. The highest BCUT2D eigenvalue weighted by Crippen LogP contribution is 2.44. The summed E-state index contributed by atoms with van der Waals surface area (Å²) < 4.78 is 39.3. The highest BCUT2D eigenvalue weighted by atomic mass is 32.1. The predicted molar refractivity (Wildman–Crippen MR) is 111 cm³/mol. The summed E-state index contributed by atoms with van der Waals surface area (Å²) in [4.78, 5) is 4.36. The molecule has 4 nitrogen and oxygen atoms in total. The van der Waals surface area contributed by atoms with Gasteiger partial charge in [0.15, 0.2) is 0 Å². The van der Waals surface area contributed by atoms with Crippen LogP contribution in [0.5, 0.6) is 0 Å². The van der Waals surface area contributed by atoms with Gasteiger partial charge in [0.05, 0.1) is 5.69 Å². The molecule has 0 amide bonds. The van der Waals surface area contributed by atoms with Crippen LogP contribution in [-0.2, 0) is 6.18 Å². The fourth-order valence-corrected chi connectivity index (χ4v) is 3.07. The van der Waals surface area contributed by atoms with Crippen molar-refractivity contribution in [1.29, 1.82) is 0 Å². The van der Waals surface area contributed by atoms with Crippen molar-refractivity contribution in [2.75, 3.05) is 5.73 Å². The van der Waals surface area contributed by atoms with Crippen LogP contribution < -0.4 is 5.73 Å². The van der Waals surface area contributed by atoms with Gasteiger partial charge in [0.25, 0.3) is 5.82 Å². The molecule has 1 aliphatic carbocycles. The zero-order valence-corrected chi connectivity index (χ0v) is 17.1. The summed E-state index contributed by atoms with van der Waals surface area (Å²) in [6, 6.07) is 15.5. The standard InChI is InChI=1S/C15H17F3N4.C6H6S/c1-8(2)10-5-6-12(11(7-10)9-3-4-9)22-14(19)20-13(21-22)15(16,17)18;7-6-4-2-1-3-5-6/h5-9H,3-4H2,1-2H3,(H2,19,20,21);1-5,7H. The van der Waals surface area contributed by atoms with Gasteiger partial charge in [0.1, 0.15) is 0 Å². The summed E-state index contributed by atoms with van der Waals surface area (Å²) >= 11 is 4.08. The van der Waals surface area contributed by atoms with Gasteiger partial charge in [-0.2, -0.15) is 22.8 Å². The second-order valence-corrected chi connectivity index (χ2v) is 7.80. The number of anilines is 1. The van der Waals surface area contributed by atoms with Gasteiger partial charge in [-0.25, -0.2) is 0 Å². The molecule has 1 fully saturated rings. The van der Waals surface area contributed by atoms with Crippen LogP contribution in [0.1, 0.15) is 55.5 Å². The number of benzene rings is 2. The summed E-state index contributed by atoms with van der Waals surface area (Å²) in [6.45, 7) is 4.16. The number of rotatable bonds is 3. The maximum atomic E-state index is 12.7. The highest BCUT2D eigenvalue weighted by molar-refractivity contribution is 7.80. The maximum Gasteiger partial charge on any atom is 0.453 e. The average Bonchev–Trinajstić information content (AvgIpc) is 3.43. The predicted octanol–water partition coefficient (Wildman–Crippen LogP) is 5.84. The van der Waals surface area contributed by atoms with Crippen molar-refractivity contribution >= 4 is 18.6 Å². The highest BCUT2D eigenvalue weighted by Gasteiger charge is 2.37. The molecular weight excluding hydrogens is 397 g/mol. The largest absolute Gasteiger partial charge is 0.453 e. The third kappa shape index (κ3) is 5.32. The van der Waals surface area contributed by atoms with Crippen LogP contribution >= 0.6 is 12.6 Å². The van der Waals surface area contributed by atoms with Gasteiger partial charge in [0, 0.05) is 4.90 Å². The van der Waals surface area contributed by atoms with Crippen LogP contribution in [0.15, 0.2) is 53.4 Å². The minimum Gasteiger partial charge on any atom is -0.368 e. The molecule has 0 spiro atoms. The second-order valence-electron chi connectivity index (χ2n) is 7.29. The van der Waals surface area contributed by atoms with Gasteiger partial charge in [0.2, 0.25) is 5.95 Å². The number of hydrogen-bond donors (Lipinski definition) is 2. The molecule has 154 valence electrons. The molecular formula is C21H23F3N4S. The molecule has 4 rings (SSSR count). The van der Waals surface area contributed by atoms with Crippen molar-refractivity contribution < 1.29 is 13.2 Å². The van der Waals surface area contributed by atoms with E-state index >= 15 is 0 Å². The van der Waals surface area contributed by atoms with Crippen molar-refractivity contribution in [3.63, 3.8) is 0 Å². The lowest BCUT2D eigenvalue weighted by molar-refractivity contribution is -0.144. The molecule has 3 aromatic rings. The molecule has 0 bridgehead atoms. The Morgan fingerprint density at radius 2 is 1.76 bits per heavy atom. The molecule has 1 heterocycles. The van der Waals surface area contributed by atoms with E-state index in [1.165, 1.54) is 0 Å². The van der Waals surface area contributed by atoms with E-state index in [0.29, 0.717) is 17.5 Å². The Bertz CT molecular complexity index is 964. The SMILES string of the molecule is CC(C)c1ccc(-n2nc(C(F)(F)F)nc2N)c(C2CC2)c1.Sc1ccccc1.